The van der Waals surface area contributed by atoms with E-state index < -0.39 is 16.9 Å². The van der Waals surface area contributed by atoms with Gasteiger partial charge >= 0.3 is 0 Å². The van der Waals surface area contributed by atoms with Crippen LogP contribution >= 0.6 is 23.1 Å². The normalized spacial score (nSPS) is 12.0. The van der Waals surface area contributed by atoms with E-state index in [-0.39, 0.29) is 17.4 Å². The van der Waals surface area contributed by atoms with Gasteiger partial charge in [-0.2, -0.15) is 0 Å². The van der Waals surface area contributed by atoms with Crippen molar-refractivity contribution in [3.8, 4) is 10.6 Å². The highest BCUT2D eigenvalue weighted by Crippen LogP contribution is 2.27. The van der Waals surface area contributed by atoms with Crippen molar-refractivity contribution in [3.05, 3.63) is 71.0 Å². The number of carbonyl (C=O) groups is 1. The number of nitrogens with one attached hydrogen (secondary N) is 1. The van der Waals surface area contributed by atoms with E-state index in [9.17, 15) is 18.0 Å². The standard InChI is InChI=1S/C19H15F3N2OS2/c1-11(18(25)24-17-7-6-14(21)8-16(17)22)26-9-15-10-27-19(23-15)12-2-4-13(20)5-3-12/h2-8,10-11H,9H2,1H3,(H,24,25). The van der Waals surface area contributed by atoms with E-state index in [0.29, 0.717) is 5.75 Å². The van der Waals surface area contributed by atoms with Crippen LogP contribution in [0.15, 0.2) is 47.8 Å². The predicted octanol–water partition coefficient (Wildman–Crippen LogP) is 5.49. The summed E-state index contributed by atoms with van der Waals surface area (Å²) in [6, 6.07) is 9.09. The number of hydrogen-bond acceptors (Lipinski definition) is 4. The number of anilines is 1. The summed E-state index contributed by atoms with van der Waals surface area (Å²) < 4.78 is 39.5. The molecule has 27 heavy (non-hydrogen) atoms. The Hall–Kier alpha value is -2.32. The number of nitrogens with zero attached hydrogens (tertiary/aromatic N) is 1. The monoisotopic (exact) mass is 408 g/mol. The van der Waals surface area contributed by atoms with Crippen LogP contribution in [-0.4, -0.2) is 16.1 Å². The SMILES string of the molecule is CC(SCc1csc(-c2ccc(F)cc2)n1)C(=O)Nc1ccc(F)cc1F. The highest BCUT2D eigenvalue weighted by molar-refractivity contribution is 7.99. The summed E-state index contributed by atoms with van der Waals surface area (Å²) in [7, 11) is 0. The Kier molecular flexibility index (Phi) is 6.18. The average molecular weight is 408 g/mol. The van der Waals surface area contributed by atoms with E-state index >= 15 is 0 Å². The summed E-state index contributed by atoms with van der Waals surface area (Å²) in [5, 5.41) is 4.66. The molecule has 140 valence electrons. The number of amides is 1. The first-order valence-corrected chi connectivity index (χ1v) is 9.93. The zero-order valence-corrected chi connectivity index (χ0v) is 15.8. The first-order chi connectivity index (χ1) is 12.9. The summed E-state index contributed by atoms with van der Waals surface area (Å²) >= 11 is 2.79. The Labute approximate surface area is 162 Å². The van der Waals surface area contributed by atoms with Crippen LogP contribution in [0.5, 0.6) is 0 Å². The highest BCUT2D eigenvalue weighted by atomic mass is 32.2. The van der Waals surface area contributed by atoms with Gasteiger partial charge in [0.05, 0.1) is 16.6 Å². The molecule has 3 rings (SSSR count). The van der Waals surface area contributed by atoms with E-state index in [0.717, 1.165) is 28.4 Å². The zero-order chi connectivity index (χ0) is 19.4. The van der Waals surface area contributed by atoms with Gasteiger partial charge in [0, 0.05) is 22.8 Å². The molecule has 1 N–H and O–H groups in total. The van der Waals surface area contributed by atoms with Crippen molar-refractivity contribution in [1.82, 2.24) is 4.98 Å². The second kappa shape index (κ2) is 8.58. The fraction of sp³-hybridized carbons (Fsp3) is 0.158. The van der Waals surface area contributed by atoms with Crippen LogP contribution in [0.4, 0.5) is 18.9 Å². The summed E-state index contributed by atoms with van der Waals surface area (Å²) in [5.74, 6) is -1.70. The largest absolute Gasteiger partial charge is 0.323 e. The summed E-state index contributed by atoms with van der Waals surface area (Å²) in [6.07, 6.45) is 0. The molecule has 0 fully saturated rings. The van der Waals surface area contributed by atoms with Gasteiger partial charge in [0.15, 0.2) is 0 Å². The number of carbonyl (C=O) groups excluding carboxylic acids is 1. The Balaban J connectivity index is 1.56. The first kappa shape index (κ1) is 19.4. The molecule has 0 saturated heterocycles. The van der Waals surface area contributed by atoms with Crippen LogP contribution in [0.1, 0.15) is 12.6 Å². The number of rotatable bonds is 6. The van der Waals surface area contributed by atoms with Crippen LogP contribution < -0.4 is 5.32 Å². The molecule has 0 radical (unpaired) electrons. The molecular weight excluding hydrogens is 393 g/mol. The molecular formula is C19H15F3N2OS2. The van der Waals surface area contributed by atoms with Crippen LogP contribution in [0.2, 0.25) is 0 Å². The predicted molar refractivity (Wildman–Crippen MR) is 103 cm³/mol. The second-order valence-electron chi connectivity index (χ2n) is 5.72. The minimum absolute atomic E-state index is 0.0545. The summed E-state index contributed by atoms with van der Waals surface area (Å²) in [4.78, 5) is 16.7. The molecule has 0 saturated carbocycles. The van der Waals surface area contributed by atoms with Crippen molar-refractivity contribution in [1.29, 1.82) is 0 Å². The van der Waals surface area contributed by atoms with E-state index in [1.165, 1.54) is 41.3 Å². The molecule has 3 nitrogen and oxygen atoms in total. The fourth-order valence-corrected chi connectivity index (χ4v) is 3.92. The Morgan fingerprint density at radius 3 is 2.56 bits per heavy atom. The maximum Gasteiger partial charge on any atom is 0.237 e. The van der Waals surface area contributed by atoms with Crippen LogP contribution in [-0.2, 0) is 10.5 Å². The smallest absolute Gasteiger partial charge is 0.237 e. The lowest BCUT2D eigenvalue weighted by atomic mass is 10.2. The molecule has 1 unspecified atom stereocenters. The zero-order valence-electron chi connectivity index (χ0n) is 14.2. The molecule has 3 aromatic rings. The van der Waals surface area contributed by atoms with Gasteiger partial charge in [-0.1, -0.05) is 0 Å². The second-order valence-corrected chi connectivity index (χ2v) is 7.90. The summed E-state index contributed by atoms with van der Waals surface area (Å²) in [5.41, 5.74) is 1.58. The van der Waals surface area contributed by atoms with E-state index in [1.54, 1.807) is 19.1 Å². The van der Waals surface area contributed by atoms with E-state index in [4.69, 9.17) is 0 Å². The lowest BCUT2D eigenvalue weighted by molar-refractivity contribution is -0.115. The number of thioether (sulfide) groups is 1. The van der Waals surface area contributed by atoms with Crippen LogP contribution in [0, 0.1) is 17.5 Å². The Morgan fingerprint density at radius 2 is 1.85 bits per heavy atom. The van der Waals surface area contributed by atoms with Crippen molar-refractivity contribution < 1.29 is 18.0 Å². The number of benzene rings is 2. The molecule has 1 atom stereocenters. The van der Waals surface area contributed by atoms with Gasteiger partial charge in [-0.05, 0) is 43.3 Å². The van der Waals surface area contributed by atoms with Gasteiger partial charge in [-0.25, -0.2) is 18.2 Å². The van der Waals surface area contributed by atoms with Gasteiger partial charge in [0.2, 0.25) is 5.91 Å². The van der Waals surface area contributed by atoms with Gasteiger partial charge < -0.3 is 5.32 Å². The Morgan fingerprint density at radius 1 is 1.15 bits per heavy atom. The number of aromatic nitrogens is 1. The summed E-state index contributed by atoms with van der Waals surface area (Å²) in [6.45, 7) is 1.70. The number of hydrogen-bond donors (Lipinski definition) is 1. The molecule has 0 aliphatic rings. The van der Waals surface area contributed by atoms with E-state index in [2.05, 4.69) is 10.3 Å². The third-order valence-electron chi connectivity index (χ3n) is 3.68. The molecule has 0 aliphatic heterocycles. The minimum atomic E-state index is -0.816. The lowest BCUT2D eigenvalue weighted by Gasteiger charge is -2.12. The molecule has 0 spiro atoms. The maximum atomic E-state index is 13.6. The Bertz CT molecular complexity index is 944. The molecule has 0 aliphatic carbocycles. The first-order valence-electron chi connectivity index (χ1n) is 8.00. The van der Waals surface area contributed by atoms with E-state index in [1.807, 2.05) is 5.38 Å². The molecule has 8 heteroatoms. The lowest BCUT2D eigenvalue weighted by Crippen LogP contribution is -2.23. The topological polar surface area (TPSA) is 42.0 Å². The molecule has 1 heterocycles. The van der Waals surface area contributed by atoms with Gasteiger partial charge in [0.1, 0.15) is 22.5 Å². The van der Waals surface area contributed by atoms with Crippen molar-refractivity contribution in [2.45, 2.75) is 17.9 Å². The van der Waals surface area contributed by atoms with Crippen LogP contribution in [0.3, 0.4) is 0 Å². The van der Waals surface area contributed by atoms with Gasteiger partial charge in [-0.3, -0.25) is 4.79 Å². The molecule has 1 aromatic heterocycles. The molecule has 0 bridgehead atoms. The molecule has 1 amide bonds. The van der Waals surface area contributed by atoms with Crippen molar-refractivity contribution in [2.24, 2.45) is 0 Å². The minimum Gasteiger partial charge on any atom is -0.323 e. The number of thiazole rings is 1. The van der Waals surface area contributed by atoms with Crippen molar-refractivity contribution >= 4 is 34.7 Å². The average Bonchev–Trinajstić information content (AvgIpc) is 3.11. The van der Waals surface area contributed by atoms with Crippen molar-refractivity contribution in [3.63, 3.8) is 0 Å². The maximum absolute atomic E-state index is 13.6. The fourth-order valence-electron chi connectivity index (χ4n) is 2.21. The van der Waals surface area contributed by atoms with Crippen molar-refractivity contribution in [2.75, 3.05) is 5.32 Å². The third-order valence-corrected chi connectivity index (χ3v) is 5.80. The van der Waals surface area contributed by atoms with Gasteiger partial charge in [-0.15, -0.1) is 23.1 Å². The quantitative estimate of drug-likeness (QED) is 0.587. The van der Waals surface area contributed by atoms with Gasteiger partial charge in [0.25, 0.3) is 0 Å². The third kappa shape index (κ3) is 5.11. The van der Waals surface area contributed by atoms with Crippen LogP contribution in [0.25, 0.3) is 10.6 Å². The highest BCUT2D eigenvalue weighted by Gasteiger charge is 2.16. The number of halogens is 3. The molecule has 2 aromatic carbocycles.